The predicted octanol–water partition coefficient (Wildman–Crippen LogP) is 7.27. The zero-order chi connectivity index (χ0) is 55.9. The van der Waals surface area contributed by atoms with E-state index in [0.717, 1.165) is 27.2 Å². The van der Waals surface area contributed by atoms with Gasteiger partial charge in [-0.2, -0.15) is 0 Å². The van der Waals surface area contributed by atoms with Gasteiger partial charge < -0.3 is 49.8 Å². The van der Waals surface area contributed by atoms with Gasteiger partial charge >= 0.3 is 0 Å². The normalized spacial score (nSPS) is 17.7. The fourth-order valence-electron chi connectivity index (χ4n) is 9.79. The molecule has 4 aromatic rings. The first-order chi connectivity index (χ1) is 38.1. The van der Waals surface area contributed by atoms with Crippen LogP contribution < -0.4 is 34.9 Å². The molecule has 20 nitrogen and oxygen atoms in total. The number of methoxy groups -OCH3 is 2. The predicted molar refractivity (Wildman–Crippen MR) is 295 cm³/mol. The first-order valence-corrected chi connectivity index (χ1v) is 26.3. The highest BCUT2D eigenvalue weighted by Gasteiger charge is 2.36. The number of aliphatic imine (C=N–C) groups is 2. The fraction of sp³-hybridized carbons (Fsp3) is 0.339. The SMILES string of the molecule is COc1cc2c(cc1OCCCOc1cc3c(cc1OC)C(=O)N1C=C(c4ccc(NC(=O)C(C)NC(=O)C(NC(=O)CCCCCN5C(=O)C=CC5=O)C(C)C)cc4)CC1C=N3)N=CC1CC(c3ccc(O)cc3)=CN1C2=O. The smallest absolute Gasteiger partial charge is 0.260 e. The van der Waals surface area contributed by atoms with Crippen LogP contribution in [0, 0.1) is 5.92 Å². The van der Waals surface area contributed by atoms with Gasteiger partial charge in [0, 0.05) is 87.0 Å². The number of rotatable bonds is 22. The molecule has 0 saturated heterocycles. The molecule has 0 bridgehead atoms. The average molecular weight is 1080 g/mol. The van der Waals surface area contributed by atoms with Gasteiger partial charge in [0.25, 0.3) is 23.6 Å². The van der Waals surface area contributed by atoms with Gasteiger partial charge in [0.15, 0.2) is 23.0 Å². The van der Waals surface area contributed by atoms with Gasteiger partial charge in [0.05, 0.1) is 62.0 Å². The molecule has 79 heavy (non-hydrogen) atoms. The number of unbranched alkanes of at least 4 members (excludes halogenated alkanes) is 2. The highest BCUT2D eigenvalue weighted by molar-refractivity contribution is 6.13. The van der Waals surface area contributed by atoms with E-state index in [1.165, 1.54) is 26.4 Å². The largest absolute Gasteiger partial charge is 0.508 e. The lowest BCUT2D eigenvalue weighted by Crippen LogP contribution is -2.53. The fourth-order valence-corrected chi connectivity index (χ4v) is 9.79. The number of benzene rings is 4. The van der Waals surface area contributed by atoms with Gasteiger partial charge in [0.2, 0.25) is 17.7 Å². The number of aromatic hydroxyl groups is 1. The number of nitrogens with one attached hydrogen (secondary N) is 3. The Morgan fingerprint density at radius 3 is 1.67 bits per heavy atom. The number of carbonyl (C=O) groups is 7. The number of hydrogen-bond acceptors (Lipinski definition) is 14. The van der Waals surface area contributed by atoms with E-state index in [2.05, 4.69) is 20.9 Å². The molecule has 9 rings (SSSR count). The molecule has 4 aromatic carbocycles. The van der Waals surface area contributed by atoms with Crippen molar-refractivity contribution in [1.29, 1.82) is 0 Å². The van der Waals surface area contributed by atoms with Gasteiger partial charge in [-0.3, -0.25) is 48.4 Å². The molecule has 0 spiro atoms. The molecule has 4 unspecified atom stereocenters. The molecular formula is C59H62N8O12. The van der Waals surface area contributed by atoms with Gasteiger partial charge in [-0.05, 0) is 84.4 Å². The molecule has 0 saturated carbocycles. The summed E-state index contributed by atoms with van der Waals surface area (Å²) in [5.41, 5.74) is 5.73. The number of phenols is 1. The van der Waals surface area contributed by atoms with Crippen molar-refractivity contribution in [1.82, 2.24) is 25.3 Å². The van der Waals surface area contributed by atoms with Crippen LogP contribution in [0.2, 0.25) is 0 Å². The van der Waals surface area contributed by atoms with E-state index in [4.69, 9.17) is 23.9 Å². The first-order valence-electron chi connectivity index (χ1n) is 26.3. The number of nitrogens with zero attached hydrogens (tertiary/aromatic N) is 5. The summed E-state index contributed by atoms with van der Waals surface area (Å²) in [7, 11) is 3.01. The molecule has 4 atom stereocenters. The van der Waals surface area contributed by atoms with Crippen LogP contribution in [-0.2, 0) is 24.0 Å². The van der Waals surface area contributed by atoms with Crippen molar-refractivity contribution in [3.05, 3.63) is 120 Å². The monoisotopic (exact) mass is 1070 g/mol. The van der Waals surface area contributed by atoms with Gasteiger partial charge in [-0.15, -0.1) is 0 Å². The third-order valence-electron chi connectivity index (χ3n) is 14.2. The van der Waals surface area contributed by atoms with E-state index in [-0.39, 0.29) is 79.5 Å². The number of imide groups is 1. The van der Waals surface area contributed by atoms with Crippen LogP contribution in [0.4, 0.5) is 17.1 Å². The summed E-state index contributed by atoms with van der Waals surface area (Å²) >= 11 is 0. The number of carbonyl (C=O) groups excluding carboxylic acids is 7. The Morgan fingerprint density at radius 1 is 0.646 bits per heavy atom. The van der Waals surface area contributed by atoms with Gasteiger partial charge in [-0.1, -0.05) is 44.5 Å². The van der Waals surface area contributed by atoms with Crippen LogP contribution in [0.1, 0.15) is 97.6 Å². The molecule has 410 valence electrons. The maximum atomic E-state index is 14.1. The van der Waals surface area contributed by atoms with E-state index < -0.39 is 23.9 Å². The van der Waals surface area contributed by atoms with Crippen molar-refractivity contribution in [2.24, 2.45) is 15.9 Å². The zero-order valence-electron chi connectivity index (χ0n) is 44.5. The number of anilines is 1. The summed E-state index contributed by atoms with van der Waals surface area (Å²) in [6.07, 6.45) is 13.0. The molecule has 0 aromatic heterocycles. The van der Waals surface area contributed by atoms with E-state index in [1.54, 1.807) is 97.7 Å². The van der Waals surface area contributed by atoms with E-state index >= 15 is 0 Å². The van der Waals surface area contributed by atoms with Gasteiger partial charge in [0.1, 0.15) is 17.8 Å². The van der Waals surface area contributed by atoms with Crippen LogP contribution in [-0.4, -0.2) is 132 Å². The minimum absolute atomic E-state index is 0.161. The highest BCUT2D eigenvalue weighted by Crippen LogP contribution is 2.42. The lowest BCUT2D eigenvalue weighted by molar-refractivity contribution is -0.137. The zero-order valence-corrected chi connectivity index (χ0v) is 44.5. The summed E-state index contributed by atoms with van der Waals surface area (Å²) in [6.45, 7) is 5.92. The highest BCUT2D eigenvalue weighted by atomic mass is 16.5. The van der Waals surface area contributed by atoms with Crippen LogP contribution in [0.3, 0.4) is 0 Å². The molecule has 5 aliphatic heterocycles. The number of fused-ring (bicyclic) bond motifs is 4. The van der Waals surface area contributed by atoms with E-state index in [9.17, 15) is 38.7 Å². The summed E-state index contributed by atoms with van der Waals surface area (Å²) in [5.74, 6) is -0.939. The Morgan fingerprint density at radius 2 is 1.16 bits per heavy atom. The number of phenolic OH excluding ortho intramolecular Hbond substituents is 1. The molecule has 5 heterocycles. The van der Waals surface area contributed by atoms with Crippen molar-refractivity contribution >= 4 is 82.0 Å². The van der Waals surface area contributed by atoms with Crippen molar-refractivity contribution < 1.29 is 57.6 Å². The first kappa shape index (κ1) is 54.7. The molecule has 4 N–H and O–H groups in total. The molecule has 0 aliphatic carbocycles. The summed E-state index contributed by atoms with van der Waals surface area (Å²) in [6, 6.07) is 18.3. The second-order valence-electron chi connectivity index (χ2n) is 20.0. The van der Waals surface area contributed by atoms with E-state index in [0.29, 0.717) is 89.7 Å². The Balaban J connectivity index is 0.740. The molecule has 0 radical (unpaired) electrons. The Bertz CT molecular complexity index is 3200. The minimum atomic E-state index is -0.927. The van der Waals surface area contributed by atoms with Crippen LogP contribution in [0.5, 0.6) is 28.7 Å². The number of ether oxygens (including phenoxy) is 4. The number of amides is 7. The van der Waals surface area contributed by atoms with Crippen LogP contribution >= 0.6 is 0 Å². The summed E-state index contributed by atoms with van der Waals surface area (Å²) in [5, 5.41) is 18.1. The summed E-state index contributed by atoms with van der Waals surface area (Å²) in [4.78, 5) is 105. The topological polar surface area (TPSA) is 247 Å². The van der Waals surface area contributed by atoms with Crippen molar-refractivity contribution in [3.8, 4) is 28.7 Å². The Labute approximate surface area is 456 Å². The number of hydrogen-bond donors (Lipinski definition) is 4. The maximum absolute atomic E-state index is 14.1. The second-order valence-corrected chi connectivity index (χ2v) is 20.0. The Kier molecular flexibility index (Phi) is 16.7. The van der Waals surface area contributed by atoms with Crippen molar-refractivity contribution in [2.75, 3.05) is 39.3 Å². The molecular weight excluding hydrogens is 1010 g/mol. The second kappa shape index (κ2) is 24.1. The van der Waals surface area contributed by atoms with Crippen molar-refractivity contribution in [3.63, 3.8) is 0 Å². The Hall–Kier alpha value is -9.07. The minimum Gasteiger partial charge on any atom is -0.508 e. The summed E-state index contributed by atoms with van der Waals surface area (Å²) < 4.78 is 23.6. The lowest BCUT2D eigenvalue weighted by Gasteiger charge is -2.24. The van der Waals surface area contributed by atoms with E-state index in [1.807, 2.05) is 30.5 Å². The molecule has 20 heteroatoms. The molecule has 7 amide bonds. The molecule has 0 fully saturated rings. The maximum Gasteiger partial charge on any atom is 0.260 e. The molecule has 5 aliphatic rings. The average Bonchev–Trinajstić information content (AvgIpc) is 4.34. The standard InChI is InChI=1S/C59H62N8O12/c1-34(2)55(64-52(69)10-7-6-8-21-65-53(70)19-20-54(65)71)57(73)62-35(3)56(72)63-40-15-11-36(12-16-40)38-24-41-30-60-46-28-50(48(76-4)26-44(46)58(74)66(41)32-38)78-22-9-23-79-51-29-47-45(27-49(51)77-5)59(75)67-33-39(25-42(67)31-61-47)37-13-17-43(68)18-14-37/h11-20,26-35,41-42,55,68H,6-10,21-25H2,1-5H3,(H,62,73)(H,63,72)(H,64,69). The lowest BCUT2D eigenvalue weighted by atomic mass is 10.0. The van der Waals surface area contributed by atoms with Crippen LogP contribution in [0.15, 0.2) is 107 Å². The van der Waals surface area contributed by atoms with Crippen LogP contribution in [0.25, 0.3) is 11.1 Å². The quantitative estimate of drug-likeness (QED) is 0.0448. The third kappa shape index (κ3) is 12.4. The van der Waals surface area contributed by atoms with Gasteiger partial charge in [-0.25, -0.2) is 0 Å². The third-order valence-corrected chi connectivity index (χ3v) is 14.2. The van der Waals surface area contributed by atoms with Crippen molar-refractivity contribution in [2.45, 2.75) is 89.9 Å².